The summed E-state index contributed by atoms with van der Waals surface area (Å²) < 4.78 is 39.3. The molecule has 0 aliphatic heterocycles. The van der Waals surface area contributed by atoms with Crippen molar-refractivity contribution in [2.24, 2.45) is 0 Å². The fourth-order valence-electron chi connectivity index (χ4n) is 1.84. The molecule has 0 bridgehead atoms. The molecule has 1 unspecified atom stereocenters. The van der Waals surface area contributed by atoms with Crippen molar-refractivity contribution >= 4 is 23.3 Å². The van der Waals surface area contributed by atoms with Crippen LogP contribution in [0.2, 0.25) is 5.02 Å². The van der Waals surface area contributed by atoms with Crippen LogP contribution in [0.15, 0.2) is 36.4 Å². The molecule has 0 saturated heterocycles. The van der Waals surface area contributed by atoms with Gasteiger partial charge in [0.2, 0.25) is 0 Å². The zero-order chi connectivity index (χ0) is 16.3. The van der Waals surface area contributed by atoms with E-state index in [1.54, 1.807) is 31.2 Å². The molecule has 2 amide bonds. The summed E-state index contributed by atoms with van der Waals surface area (Å²) >= 11 is 5.85. The van der Waals surface area contributed by atoms with Crippen molar-refractivity contribution < 1.29 is 18.0 Å². The monoisotopic (exact) mass is 328 g/mol. The van der Waals surface area contributed by atoms with E-state index >= 15 is 0 Å². The van der Waals surface area contributed by atoms with Gasteiger partial charge >= 0.3 is 6.03 Å². The molecule has 1 atom stereocenters. The molecule has 116 valence electrons. The standard InChI is InChI=1S/C15H12ClF3N2O/c1-8(9-3-2-4-10(16)7-9)20-15(22)21-12-6-5-11(17)13(18)14(12)19/h2-8H,1H3,(H2,20,21,22). The van der Waals surface area contributed by atoms with E-state index in [2.05, 4.69) is 10.6 Å². The molecular formula is C15H12ClF3N2O. The molecule has 2 N–H and O–H groups in total. The van der Waals surface area contributed by atoms with Crippen LogP contribution in [0.4, 0.5) is 23.7 Å². The summed E-state index contributed by atoms with van der Waals surface area (Å²) in [6.07, 6.45) is 0. The summed E-state index contributed by atoms with van der Waals surface area (Å²) in [6.45, 7) is 1.70. The lowest BCUT2D eigenvalue weighted by molar-refractivity contribution is 0.249. The first kappa shape index (κ1) is 16.2. The molecule has 0 heterocycles. The van der Waals surface area contributed by atoms with Crippen LogP contribution >= 0.6 is 11.6 Å². The third-order valence-electron chi connectivity index (χ3n) is 2.98. The molecule has 0 fully saturated rings. The maximum atomic E-state index is 13.5. The third kappa shape index (κ3) is 3.71. The van der Waals surface area contributed by atoms with Gasteiger partial charge in [0.05, 0.1) is 11.7 Å². The Hall–Kier alpha value is -2.21. The van der Waals surface area contributed by atoms with E-state index in [1.807, 2.05) is 0 Å². The molecule has 2 aromatic rings. The number of urea groups is 1. The maximum absolute atomic E-state index is 13.5. The Morgan fingerprint density at radius 3 is 2.55 bits per heavy atom. The Kier molecular flexibility index (Phi) is 4.92. The molecule has 0 saturated carbocycles. The molecule has 22 heavy (non-hydrogen) atoms. The van der Waals surface area contributed by atoms with Gasteiger partial charge in [-0.1, -0.05) is 23.7 Å². The summed E-state index contributed by atoms with van der Waals surface area (Å²) in [5.41, 5.74) is 0.295. The maximum Gasteiger partial charge on any atom is 0.319 e. The number of hydrogen-bond donors (Lipinski definition) is 2. The van der Waals surface area contributed by atoms with Crippen LogP contribution in [0, 0.1) is 17.5 Å². The second kappa shape index (κ2) is 6.70. The van der Waals surface area contributed by atoms with E-state index in [4.69, 9.17) is 11.6 Å². The van der Waals surface area contributed by atoms with Crippen molar-refractivity contribution in [1.82, 2.24) is 5.32 Å². The molecule has 0 aliphatic rings. The predicted octanol–water partition coefficient (Wildman–Crippen LogP) is 4.64. The minimum Gasteiger partial charge on any atom is -0.331 e. The number of rotatable bonds is 3. The van der Waals surface area contributed by atoms with Crippen LogP contribution in [-0.4, -0.2) is 6.03 Å². The molecule has 0 aromatic heterocycles. The molecule has 0 spiro atoms. The van der Waals surface area contributed by atoms with Crippen LogP contribution in [0.25, 0.3) is 0 Å². The lowest BCUT2D eigenvalue weighted by Gasteiger charge is -2.15. The summed E-state index contributed by atoms with van der Waals surface area (Å²) in [5.74, 6) is -4.41. The number of nitrogens with one attached hydrogen (secondary N) is 2. The van der Waals surface area contributed by atoms with Gasteiger partial charge in [0, 0.05) is 5.02 Å². The van der Waals surface area contributed by atoms with E-state index in [9.17, 15) is 18.0 Å². The molecule has 2 rings (SSSR count). The zero-order valence-electron chi connectivity index (χ0n) is 11.5. The van der Waals surface area contributed by atoms with E-state index in [0.717, 1.165) is 17.7 Å². The number of carbonyl (C=O) groups is 1. The predicted molar refractivity (Wildman–Crippen MR) is 78.3 cm³/mol. The first-order chi connectivity index (χ1) is 10.4. The Bertz CT molecular complexity index is 709. The lowest BCUT2D eigenvalue weighted by atomic mass is 10.1. The highest BCUT2D eigenvalue weighted by molar-refractivity contribution is 6.30. The van der Waals surface area contributed by atoms with Gasteiger partial charge in [-0.3, -0.25) is 0 Å². The van der Waals surface area contributed by atoms with Crippen LogP contribution < -0.4 is 10.6 Å². The minimum atomic E-state index is -1.64. The van der Waals surface area contributed by atoms with Crippen molar-refractivity contribution in [3.8, 4) is 0 Å². The Labute approximate surface area is 130 Å². The first-order valence-electron chi connectivity index (χ1n) is 6.35. The molecule has 0 aliphatic carbocycles. The van der Waals surface area contributed by atoms with Gasteiger partial charge in [0.1, 0.15) is 0 Å². The average Bonchev–Trinajstić information content (AvgIpc) is 2.48. The van der Waals surface area contributed by atoms with Gasteiger partial charge in [-0.25, -0.2) is 18.0 Å². The number of hydrogen-bond acceptors (Lipinski definition) is 1. The largest absolute Gasteiger partial charge is 0.331 e. The summed E-state index contributed by atoms with van der Waals surface area (Å²) in [5, 5.41) is 5.18. The van der Waals surface area contributed by atoms with Crippen LogP contribution in [0.1, 0.15) is 18.5 Å². The van der Waals surface area contributed by atoms with Crippen molar-refractivity contribution in [2.45, 2.75) is 13.0 Å². The van der Waals surface area contributed by atoms with Crippen LogP contribution in [0.3, 0.4) is 0 Å². The number of benzene rings is 2. The van der Waals surface area contributed by atoms with Crippen LogP contribution in [-0.2, 0) is 0 Å². The fraction of sp³-hybridized carbons (Fsp3) is 0.133. The minimum absolute atomic E-state index is 0.410. The lowest BCUT2D eigenvalue weighted by Crippen LogP contribution is -2.31. The SMILES string of the molecule is CC(NC(=O)Nc1ccc(F)c(F)c1F)c1cccc(Cl)c1. The van der Waals surface area contributed by atoms with Gasteiger partial charge < -0.3 is 10.6 Å². The number of anilines is 1. The highest BCUT2D eigenvalue weighted by atomic mass is 35.5. The summed E-state index contributed by atoms with van der Waals surface area (Å²) in [6, 6.07) is 7.35. The highest BCUT2D eigenvalue weighted by Crippen LogP contribution is 2.20. The molecule has 0 radical (unpaired) electrons. The summed E-state index contributed by atoms with van der Waals surface area (Å²) in [7, 11) is 0. The average molecular weight is 329 g/mol. The van der Waals surface area contributed by atoms with Crippen molar-refractivity contribution in [1.29, 1.82) is 0 Å². The third-order valence-corrected chi connectivity index (χ3v) is 3.21. The van der Waals surface area contributed by atoms with Gasteiger partial charge in [-0.2, -0.15) is 0 Å². The van der Waals surface area contributed by atoms with E-state index in [-0.39, 0.29) is 0 Å². The Morgan fingerprint density at radius 1 is 1.14 bits per heavy atom. The van der Waals surface area contributed by atoms with Gasteiger partial charge in [0.15, 0.2) is 17.5 Å². The van der Waals surface area contributed by atoms with E-state index in [0.29, 0.717) is 5.02 Å². The summed E-state index contributed by atoms with van der Waals surface area (Å²) in [4.78, 5) is 11.8. The first-order valence-corrected chi connectivity index (χ1v) is 6.72. The Balaban J connectivity index is 2.06. The van der Waals surface area contributed by atoms with Crippen LogP contribution in [0.5, 0.6) is 0 Å². The van der Waals surface area contributed by atoms with Gasteiger partial charge in [-0.05, 0) is 36.8 Å². The molecule has 2 aromatic carbocycles. The van der Waals surface area contributed by atoms with Crippen molar-refractivity contribution in [3.05, 3.63) is 64.4 Å². The fourth-order valence-corrected chi connectivity index (χ4v) is 2.04. The van der Waals surface area contributed by atoms with Gasteiger partial charge in [-0.15, -0.1) is 0 Å². The van der Waals surface area contributed by atoms with Crippen molar-refractivity contribution in [3.63, 3.8) is 0 Å². The molecule has 7 heteroatoms. The van der Waals surface area contributed by atoms with E-state index in [1.165, 1.54) is 0 Å². The molecule has 3 nitrogen and oxygen atoms in total. The second-order valence-electron chi connectivity index (χ2n) is 4.60. The topological polar surface area (TPSA) is 41.1 Å². The number of amides is 2. The smallest absolute Gasteiger partial charge is 0.319 e. The normalized spacial score (nSPS) is 11.9. The van der Waals surface area contributed by atoms with E-state index < -0.39 is 35.2 Å². The second-order valence-corrected chi connectivity index (χ2v) is 5.03. The van der Waals surface area contributed by atoms with Gasteiger partial charge in [0.25, 0.3) is 0 Å². The number of carbonyl (C=O) groups excluding carboxylic acids is 1. The quantitative estimate of drug-likeness (QED) is 0.792. The number of halogens is 4. The Morgan fingerprint density at radius 2 is 1.86 bits per heavy atom. The van der Waals surface area contributed by atoms with Crippen molar-refractivity contribution in [2.75, 3.05) is 5.32 Å². The zero-order valence-corrected chi connectivity index (χ0v) is 12.2. The molecular weight excluding hydrogens is 317 g/mol. The highest BCUT2D eigenvalue weighted by Gasteiger charge is 2.16.